The zero-order valence-electron chi connectivity index (χ0n) is 37.9. The highest BCUT2D eigenvalue weighted by atomic mass is 35.5. The number of hydrogen-bond donors (Lipinski definition) is 6. The van der Waals surface area contributed by atoms with Gasteiger partial charge in [0.15, 0.2) is 11.6 Å². The summed E-state index contributed by atoms with van der Waals surface area (Å²) in [5.41, 5.74) is -0.479. The summed E-state index contributed by atoms with van der Waals surface area (Å²) < 4.78 is 40.5. The quantitative estimate of drug-likeness (QED) is 0.0818. The number of hydrogen-bond acceptors (Lipinski definition) is 10. The summed E-state index contributed by atoms with van der Waals surface area (Å²) in [4.78, 5) is 48.9. The molecule has 0 radical (unpaired) electrons. The molecule has 3 saturated carbocycles. The lowest BCUT2D eigenvalue weighted by molar-refractivity contribution is -0.199. The van der Waals surface area contributed by atoms with Crippen molar-refractivity contribution in [2.45, 2.75) is 130 Å². The molecule has 0 aromatic heterocycles. The summed E-state index contributed by atoms with van der Waals surface area (Å²) in [6, 6.07) is 7.33. The molecule has 1 heterocycles. The molecule has 4 aliphatic rings. The zero-order chi connectivity index (χ0) is 47.6. The van der Waals surface area contributed by atoms with Gasteiger partial charge in [-0.1, -0.05) is 78.6 Å². The van der Waals surface area contributed by atoms with Crippen LogP contribution < -0.4 is 10.6 Å². The van der Waals surface area contributed by atoms with Crippen molar-refractivity contribution in [1.29, 1.82) is 0 Å². The maximum absolute atomic E-state index is 13.9. The first kappa shape index (κ1) is 54.4. The summed E-state index contributed by atoms with van der Waals surface area (Å²) in [7, 11) is -3.15. The Kier molecular flexibility index (Phi) is 20.8. The molecule has 6 rings (SSSR count). The van der Waals surface area contributed by atoms with E-state index in [0.717, 1.165) is 25.0 Å². The number of carbonyl (C=O) groups excluding carboxylic acids is 4. The zero-order valence-corrected chi connectivity index (χ0v) is 39.4. The molecule has 12 nitrogen and oxygen atoms in total. The SMILES string of the molecule is CC(C)CB(O)O.CC(C)C[C@H](CC(=O)CNC(=O)c1cc(Cl)ccc1F)B(O)O.CC(C)C[C@H](CC(=O)CNC(=O)c1cc(Cl)ccc1F)B1O[C@@H]2C[C@@H]3C[C@@H](C3(C)C)[C@]2(C)O1. The van der Waals surface area contributed by atoms with Crippen molar-refractivity contribution in [3.05, 3.63) is 69.2 Å². The van der Waals surface area contributed by atoms with E-state index in [9.17, 15) is 38.0 Å². The van der Waals surface area contributed by atoms with Gasteiger partial charge in [0.05, 0.1) is 35.9 Å². The summed E-state index contributed by atoms with van der Waals surface area (Å²) in [6.07, 6.45) is 4.13. The highest BCUT2D eigenvalue weighted by Gasteiger charge is 2.68. The van der Waals surface area contributed by atoms with E-state index < -0.39 is 50.6 Å². The molecule has 2 aromatic rings. The second-order valence-electron chi connectivity index (χ2n) is 19.2. The fraction of sp³-hybridized carbons (Fsp3) is 0.636. The van der Waals surface area contributed by atoms with Gasteiger partial charge >= 0.3 is 21.4 Å². The van der Waals surface area contributed by atoms with Crippen LogP contribution in [0.3, 0.4) is 0 Å². The molecule has 2 amide bonds. The third-order valence-electron chi connectivity index (χ3n) is 12.2. The van der Waals surface area contributed by atoms with E-state index >= 15 is 0 Å². The maximum atomic E-state index is 13.9. The van der Waals surface area contributed by atoms with Crippen LogP contribution in [0.25, 0.3) is 0 Å². The molecule has 19 heteroatoms. The van der Waals surface area contributed by atoms with Gasteiger partial charge in [0, 0.05) is 34.5 Å². The van der Waals surface area contributed by atoms with Gasteiger partial charge in [-0.3, -0.25) is 19.2 Å². The molecular weight excluding hydrogens is 858 g/mol. The topological polar surface area (TPSA) is 192 Å². The van der Waals surface area contributed by atoms with Crippen molar-refractivity contribution in [2.24, 2.45) is 35.0 Å². The Labute approximate surface area is 382 Å². The van der Waals surface area contributed by atoms with Crippen molar-refractivity contribution in [2.75, 3.05) is 13.1 Å². The van der Waals surface area contributed by atoms with Gasteiger partial charge in [0.1, 0.15) is 11.6 Å². The molecule has 63 heavy (non-hydrogen) atoms. The van der Waals surface area contributed by atoms with Gasteiger partial charge in [-0.15, -0.1) is 0 Å². The molecule has 3 aliphatic carbocycles. The lowest BCUT2D eigenvalue weighted by Gasteiger charge is -2.64. The smallest absolute Gasteiger partial charge is 0.427 e. The summed E-state index contributed by atoms with van der Waals surface area (Å²) in [6.45, 7) is 18.3. The Hall–Kier alpha value is -2.89. The molecule has 2 aromatic carbocycles. The van der Waals surface area contributed by atoms with Gasteiger partial charge < -0.3 is 40.0 Å². The number of halogens is 4. The van der Waals surface area contributed by atoms with Crippen molar-refractivity contribution < 1.29 is 57.4 Å². The normalized spacial score (nSPS) is 21.5. The maximum Gasteiger partial charge on any atom is 0.461 e. The predicted octanol–water partition coefficient (Wildman–Crippen LogP) is 7.49. The van der Waals surface area contributed by atoms with Crippen LogP contribution in [-0.2, 0) is 18.9 Å². The monoisotopic (exact) mass is 922 g/mol. The van der Waals surface area contributed by atoms with Crippen molar-refractivity contribution in [3.63, 3.8) is 0 Å². The minimum atomic E-state index is -1.59. The van der Waals surface area contributed by atoms with Crippen molar-refractivity contribution in [3.8, 4) is 0 Å². The third kappa shape index (κ3) is 15.9. The summed E-state index contributed by atoms with van der Waals surface area (Å²) in [5, 5.41) is 40.4. The molecule has 1 aliphatic heterocycles. The van der Waals surface area contributed by atoms with Gasteiger partial charge in [-0.25, -0.2) is 8.78 Å². The van der Waals surface area contributed by atoms with E-state index in [1.54, 1.807) is 0 Å². The Morgan fingerprint density at radius 3 is 1.68 bits per heavy atom. The van der Waals surface area contributed by atoms with Crippen LogP contribution in [0.4, 0.5) is 8.78 Å². The number of benzene rings is 2. The second kappa shape index (κ2) is 24.0. The number of ketones is 2. The molecule has 348 valence electrons. The number of rotatable bonds is 18. The first-order valence-corrected chi connectivity index (χ1v) is 22.6. The van der Waals surface area contributed by atoms with Crippen LogP contribution in [0.5, 0.6) is 0 Å². The van der Waals surface area contributed by atoms with Crippen LogP contribution in [0.15, 0.2) is 36.4 Å². The van der Waals surface area contributed by atoms with E-state index in [-0.39, 0.29) is 87.5 Å². The number of carbonyl (C=O) groups is 4. The summed E-state index contributed by atoms with van der Waals surface area (Å²) >= 11 is 11.6. The van der Waals surface area contributed by atoms with Gasteiger partial charge in [0.25, 0.3) is 11.8 Å². The fourth-order valence-electron chi connectivity index (χ4n) is 8.96. The van der Waals surface area contributed by atoms with Gasteiger partial charge in [-0.2, -0.15) is 0 Å². The third-order valence-corrected chi connectivity index (χ3v) is 12.7. The first-order valence-electron chi connectivity index (χ1n) is 21.8. The molecule has 6 atom stereocenters. The van der Waals surface area contributed by atoms with Crippen LogP contribution in [0.1, 0.15) is 122 Å². The molecule has 1 saturated heterocycles. The standard InChI is InChI=1S/C25H34BClFNO4.C15H20BClFNO4.C4H11BO2/c1-14(2)8-16(11-18(30)13-29-23(31)19-12-17(27)6-7-20(19)28)26-32-22-10-15-9-21(24(15,3)4)25(22,5)33-26;1-9(2)5-10(16(22)23)6-12(20)8-19-15(21)13-7-11(17)3-4-14(13)18;1-4(2)3-5(6)7/h6-7,12,14-16,21-22H,8-11,13H2,1-5H3,(H,29,31);3-4,7,9-10,22-23H,5-6,8H2,1-2H3,(H,19,21);4,6-7H,3H2,1-2H3/t15-,16+,21-,22+,25-;10-;/m01./s1. The molecule has 2 bridgehead atoms. The lowest BCUT2D eigenvalue weighted by atomic mass is 9.43. The van der Waals surface area contributed by atoms with Crippen LogP contribution in [0, 0.1) is 46.6 Å². The van der Waals surface area contributed by atoms with Gasteiger partial charge in [-0.05, 0) is 110 Å². The number of amides is 2. The highest BCUT2D eigenvalue weighted by Crippen LogP contribution is 2.66. The van der Waals surface area contributed by atoms with Gasteiger partial charge in [0.2, 0.25) is 0 Å². The molecule has 0 unspecified atom stereocenters. The fourth-order valence-corrected chi connectivity index (χ4v) is 9.30. The van der Waals surface area contributed by atoms with E-state index in [4.69, 9.17) is 42.6 Å². The Morgan fingerprint density at radius 1 is 0.778 bits per heavy atom. The molecule has 4 fully saturated rings. The Morgan fingerprint density at radius 2 is 1.27 bits per heavy atom. The highest BCUT2D eigenvalue weighted by molar-refractivity contribution is 6.48. The minimum Gasteiger partial charge on any atom is -0.427 e. The van der Waals surface area contributed by atoms with Crippen LogP contribution >= 0.6 is 23.2 Å². The lowest BCUT2D eigenvalue weighted by Crippen LogP contribution is -2.65. The number of Topliss-reactive ketones (excluding diaryl/α,β-unsaturated/α-hetero) is 2. The molecular formula is C44H65B3Cl2F2N2O10. The first-order chi connectivity index (χ1) is 29.2. The van der Waals surface area contributed by atoms with Crippen LogP contribution in [-0.4, -0.2) is 89.6 Å². The predicted molar refractivity (Wildman–Crippen MR) is 243 cm³/mol. The average molecular weight is 923 g/mol. The van der Waals surface area contributed by atoms with Crippen LogP contribution in [0.2, 0.25) is 28.0 Å². The van der Waals surface area contributed by atoms with E-state index in [1.165, 1.54) is 30.7 Å². The number of nitrogens with one attached hydrogen (secondary N) is 2. The van der Waals surface area contributed by atoms with Crippen molar-refractivity contribution >= 4 is 67.9 Å². The molecule has 6 N–H and O–H groups in total. The van der Waals surface area contributed by atoms with E-state index in [1.807, 2.05) is 27.7 Å². The summed E-state index contributed by atoms with van der Waals surface area (Å²) in [5.74, 6) is -1.93. The van der Waals surface area contributed by atoms with E-state index in [2.05, 4.69) is 45.3 Å². The minimum absolute atomic E-state index is 0.0644. The van der Waals surface area contributed by atoms with Crippen molar-refractivity contribution in [1.82, 2.24) is 10.6 Å². The Bertz CT molecular complexity index is 1870. The Balaban J connectivity index is 0.000000306. The second-order valence-corrected chi connectivity index (χ2v) is 20.1. The van der Waals surface area contributed by atoms with E-state index in [0.29, 0.717) is 36.4 Å². The largest absolute Gasteiger partial charge is 0.461 e. The average Bonchev–Trinajstić information content (AvgIpc) is 3.54. The molecule has 0 spiro atoms.